The predicted octanol–water partition coefficient (Wildman–Crippen LogP) is 0.836. The smallest absolute Gasteiger partial charge is 0.0871 e. The minimum absolute atomic E-state index is 0.463. The number of nitrogens with zero attached hydrogens (tertiary/aromatic N) is 1. The molecule has 0 heterocycles. The van der Waals surface area contributed by atoms with E-state index in [1.165, 1.54) is 5.37 Å². The molecule has 0 aliphatic carbocycles. The summed E-state index contributed by atoms with van der Waals surface area (Å²) in [7, 11) is 0. The van der Waals surface area contributed by atoms with Crippen LogP contribution in [0.2, 0.25) is 0 Å². The number of hydrogen-bond donors (Lipinski definition) is 1. The molecule has 0 aliphatic heterocycles. The highest BCUT2D eigenvalue weighted by Gasteiger charge is 1.73. The highest BCUT2D eigenvalue weighted by Crippen LogP contribution is 1.64. The van der Waals surface area contributed by atoms with Gasteiger partial charge in [0, 0.05) is 5.37 Å². The van der Waals surface area contributed by atoms with Crippen LogP contribution in [0.25, 0.3) is 0 Å². The summed E-state index contributed by atoms with van der Waals surface area (Å²) in [6.07, 6.45) is 0. The van der Waals surface area contributed by atoms with E-state index in [0.29, 0.717) is 5.71 Å². The molecule has 1 N–H and O–H groups in total. The van der Waals surface area contributed by atoms with Crippen molar-refractivity contribution in [2.75, 3.05) is 0 Å². The van der Waals surface area contributed by atoms with Crippen LogP contribution in [-0.2, 0) is 0 Å². The van der Waals surface area contributed by atoms with Gasteiger partial charge in [0.05, 0.1) is 5.71 Å². The quantitative estimate of drug-likeness (QED) is 0.231. The first-order valence-electron chi connectivity index (χ1n) is 1.45. The van der Waals surface area contributed by atoms with Crippen molar-refractivity contribution >= 4 is 23.3 Å². The second-order valence-corrected chi connectivity index (χ2v) is 1.09. The van der Waals surface area contributed by atoms with Crippen molar-refractivity contribution in [3.63, 3.8) is 0 Å². The lowest BCUT2D eigenvalue weighted by Gasteiger charge is -1.74. The summed E-state index contributed by atoms with van der Waals surface area (Å²) in [6, 6.07) is 0. The van der Waals surface area contributed by atoms with Gasteiger partial charge in [-0.25, -0.2) is 0 Å². The van der Waals surface area contributed by atoms with E-state index >= 15 is 0 Å². The van der Waals surface area contributed by atoms with Gasteiger partial charge in [-0.3, -0.25) is 0 Å². The fraction of sp³-hybridized carbons (Fsp3) is 0.333. The normalized spacial score (nSPS) is 11.2. The van der Waals surface area contributed by atoms with Crippen molar-refractivity contribution < 1.29 is 5.21 Å². The Balaban J connectivity index is 3.50. The summed E-state index contributed by atoms with van der Waals surface area (Å²) >= 11 is 4.36. The second kappa shape index (κ2) is 2.78. The third kappa shape index (κ3) is 1.84. The number of thiocarbonyl (C=S) groups is 1. The molecule has 6 heavy (non-hydrogen) atoms. The van der Waals surface area contributed by atoms with Crippen molar-refractivity contribution in [2.45, 2.75) is 6.92 Å². The van der Waals surface area contributed by atoms with Crippen molar-refractivity contribution in [3.8, 4) is 0 Å². The molecule has 0 saturated heterocycles. The van der Waals surface area contributed by atoms with Gasteiger partial charge in [-0.15, -0.1) is 0 Å². The standard InChI is InChI=1S/C3H5NOS/c1-3(2-6)4-5/h2,5H,1H3/b4-3+. The summed E-state index contributed by atoms with van der Waals surface area (Å²) in [5.41, 5.74) is 0.463. The van der Waals surface area contributed by atoms with Gasteiger partial charge in [-0.2, -0.15) is 0 Å². The molecule has 0 spiro atoms. The molecule has 2 nitrogen and oxygen atoms in total. The first-order valence-corrected chi connectivity index (χ1v) is 1.92. The molecule has 0 bridgehead atoms. The summed E-state index contributed by atoms with van der Waals surface area (Å²) < 4.78 is 0. The van der Waals surface area contributed by atoms with Crippen LogP contribution in [0.15, 0.2) is 5.16 Å². The average molecular weight is 103 g/mol. The van der Waals surface area contributed by atoms with Crippen molar-refractivity contribution in [3.05, 3.63) is 0 Å². The molecule has 0 aromatic carbocycles. The molecular weight excluding hydrogens is 98.1 g/mol. The molecular formula is C3H5NOS. The Kier molecular flexibility index (Phi) is 2.58. The van der Waals surface area contributed by atoms with Gasteiger partial charge >= 0.3 is 0 Å². The number of rotatable bonds is 1. The zero-order valence-electron chi connectivity index (χ0n) is 3.38. The van der Waals surface area contributed by atoms with Crippen LogP contribution in [0.1, 0.15) is 6.92 Å². The summed E-state index contributed by atoms with van der Waals surface area (Å²) in [5, 5.41) is 11.9. The molecule has 0 rings (SSSR count). The summed E-state index contributed by atoms with van der Waals surface area (Å²) in [4.78, 5) is 0. The topological polar surface area (TPSA) is 32.6 Å². The van der Waals surface area contributed by atoms with Gasteiger partial charge in [0.1, 0.15) is 0 Å². The van der Waals surface area contributed by atoms with E-state index in [9.17, 15) is 0 Å². The summed E-state index contributed by atoms with van der Waals surface area (Å²) in [5.74, 6) is 0. The first kappa shape index (κ1) is 5.56. The van der Waals surface area contributed by atoms with E-state index in [1.807, 2.05) is 0 Å². The molecule has 0 unspecified atom stereocenters. The zero-order valence-corrected chi connectivity index (χ0v) is 4.20. The fourth-order valence-electron chi connectivity index (χ4n) is 0.0236. The van der Waals surface area contributed by atoms with Crippen LogP contribution in [0.4, 0.5) is 0 Å². The molecule has 0 amide bonds. The maximum absolute atomic E-state index is 7.82. The third-order valence-corrected chi connectivity index (χ3v) is 0.669. The molecule has 0 saturated carbocycles. The lowest BCUT2D eigenvalue weighted by Crippen LogP contribution is -1.86. The van der Waals surface area contributed by atoms with Crippen LogP contribution in [-0.4, -0.2) is 16.3 Å². The minimum atomic E-state index is 0.463. The molecule has 0 radical (unpaired) electrons. The first-order chi connectivity index (χ1) is 2.81. The number of hydrogen-bond acceptors (Lipinski definition) is 3. The van der Waals surface area contributed by atoms with Gasteiger partial charge in [0.2, 0.25) is 0 Å². The molecule has 0 aromatic rings. The van der Waals surface area contributed by atoms with Crippen molar-refractivity contribution in [1.29, 1.82) is 0 Å². The Morgan fingerprint density at radius 3 is 2.50 bits per heavy atom. The van der Waals surface area contributed by atoms with Crippen molar-refractivity contribution in [2.24, 2.45) is 5.16 Å². The van der Waals surface area contributed by atoms with E-state index in [-0.39, 0.29) is 0 Å². The molecule has 34 valence electrons. The predicted molar refractivity (Wildman–Crippen MR) is 28.6 cm³/mol. The highest BCUT2D eigenvalue weighted by molar-refractivity contribution is 7.80. The Morgan fingerprint density at radius 1 is 2.00 bits per heavy atom. The maximum Gasteiger partial charge on any atom is 0.0871 e. The minimum Gasteiger partial charge on any atom is -0.411 e. The molecule has 0 fully saturated rings. The second-order valence-electron chi connectivity index (χ2n) is 0.859. The SMILES string of the molecule is C/C(C=S)=N\O. The molecule has 0 atom stereocenters. The van der Waals surface area contributed by atoms with Crippen molar-refractivity contribution in [1.82, 2.24) is 0 Å². The summed E-state index contributed by atoms with van der Waals surface area (Å²) in [6.45, 7) is 1.62. The van der Waals surface area contributed by atoms with Crippen LogP contribution in [0, 0.1) is 0 Å². The average Bonchev–Trinajstić information content (AvgIpc) is 1.65. The van der Waals surface area contributed by atoms with E-state index in [1.54, 1.807) is 6.92 Å². The maximum atomic E-state index is 7.82. The van der Waals surface area contributed by atoms with E-state index in [0.717, 1.165) is 0 Å². The lowest BCUT2D eigenvalue weighted by molar-refractivity contribution is 0.320. The number of oxime groups is 1. The zero-order chi connectivity index (χ0) is 4.99. The largest absolute Gasteiger partial charge is 0.411 e. The van der Waals surface area contributed by atoms with Crippen LogP contribution < -0.4 is 0 Å². The Morgan fingerprint density at radius 2 is 2.50 bits per heavy atom. The van der Waals surface area contributed by atoms with Crippen LogP contribution in [0.3, 0.4) is 0 Å². The van der Waals surface area contributed by atoms with E-state index < -0.39 is 0 Å². The molecule has 0 aliphatic rings. The van der Waals surface area contributed by atoms with Crippen LogP contribution >= 0.6 is 12.2 Å². The Hall–Kier alpha value is -0.440. The highest BCUT2D eigenvalue weighted by atomic mass is 32.1. The lowest BCUT2D eigenvalue weighted by atomic mass is 10.5. The fourth-order valence-corrected chi connectivity index (χ4v) is 0.0707. The molecule has 0 aromatic heterocycles. The van der Waals surface area contributed by atoms with E-state index in [4.69, 9.17) is 5.21 Å². The van der Waals surface area contributed by atoms with E-state index in [2.05, 4.69) is 17.4 Å². The van der Waals surface area contributed by atoms with Crippen LogP contribution in [0.5, 0.6) is 0 Å². The van der Waals surface area contributed by atoms with Gasteiger partial charge in [0.25, 0.3) is 0 Å². The Bertz CT molecular complexity index is 78.9. The monoisotopic (exact) mass is 103 g/mol. The van der Waals surface area contributed by atoms with Gasteiger partial charge in [-0.05, 0) is 6.92 Å². The van der Waals surface area contributed by atoms with Gasteiger partial charge in [0.15, 0.2) is 0 Å². The third-order valence-electron chi connectivity index (χ3n) is 0.328. The molecule has 3 heteroatoms. The Labute approximate surface area is 41.5 Å². The van der Waals surface area contributed by atoms with Gasteiger partial charge < -0.3 is 5.21 Å². The van der Waals surface area contributed by atoms with Gasteiger partial charge in [-0.1, -0.05) is 17.4 Å².